The van der Waals surface area contributed by atoms with E-state index in [1.54, 1.807) is 0 Å². The van der Waals surface area contributed by atoms with E-state index in [2.05, 4.69) is 37.2 Å². The van der Waals surface area contributed by atoms with Gasteiger partial charge in [-0.2, -0.15) is 9.13 Å². The second kappa shape index (κ2) is 19.2. The quantitative estimate of drug-likeness (QED) is 0.149. The van der Waals surface area contributed by atoms with Gasteiger partial charge in [0.05, 0.1) is 0 Å². The van der Waals surface area contributed by atoms with Crippen LogP contribution in [0.3, 0.4) is 0 Å². The molecule has 0 saturated heterocycles. The largest absolute Gasteiger partial charge is 1.00 e. The van der Waals surface area contributed by atoms with Gasteiger partial charge in [-0.05, 0) is 0 Å². The third-order valence-corrected chi connectivity index (χ3v) is 4.40. The molecule has 0 atom stereocenters. The summed E-state index contributed by atoms with van der Waals surface area (Å²) in [6.07, 6.45) is 7.56. The molecule has 34 heavy (non-hydrogen) atoms. The van der Waals surface area contributed by atoms with Gasteiger partial charge >= 0.3 is 50.5 Å². The minimum absolute atomic E-state index is 0. The third-order valence-electron chi connectivity index (χ3n) is 4.40. The van der Waals surface area contributed by atoms with E-state index >= 15 is 0 Å². The van der Waals surface area contributed by atoms with Gasteiger partial charge in [0.2, 0.25) is 24.7 Å². The first kappa shape index (κ1) is 31.0. The molecule has 0 saturated carbocycles. The van der Waals surface area contributed by atoms with Gasteiger partial charge < -0.3 is 24.0 Å². The van der Waals surface area contributed by atoms with E-state index in [0.717, 1.165) is 11.1 Å². The van der Waals surface area contributed by atoms with Crippen LogP contribution in [0.15, 0.2) is 122 Å². The molecule has 4 nitrogen and oxygen atoms in total. The van der Waals surface area contributed by atoms with Crippen LogP contribution in [0, 0.1) is 0 Å². The zero-order chi connectivity index (χ0) is 23.7. The van der Waals surface area contributed by atoms with Crippen LogP contribution in [-0.4, -0.2) is 11.6 Å². The minimum atomic E-state index is 0. The van der Waals surface area contributed by atoms with Crippen LogP contribution in [0.2, 0.25) is 0 Å². The van der Waals surface area contributed by atoms with Crippen molar-refractivity contribution in [1.82, 2.24) is 0 Å². The standard InChI is InChI=1S/2C13H12NO.I3.HI/c2*15-13(12-7-3-1-4-8-12)11-14-9-5-2-6-10-14;1-3-2;/h2*1-10H,11H2;;1H/q2*+1;-1;/p-1. The van der Waals surface area contributed by atoms with Crippen molar-refractivity contribution in [3.05, 3.63) is 133 Å². The van der Waals surface area contributed by atoms with Gasteiger partial charge in [0.15, 0.2) is 24.8 Å². The minimum Gasteiger partial charge on any atom is -1.00 e. The van der Waals surface area contributed by atoms with Crippen molar-refractivity contribution >= 4 is 48.8 Å². The van der Waals surface area contributed by atoms with Gasteiger partial charge in [0.25, 0.3) is 0 Å². The Balaban J connectivity index is 0.000000297. The van der Waals surface area contributed by atoms with Crippen molar-refractivity contribution in [2.24, 2.45) is 0 Å². The Labute approximate surface area is 247 Å². The first-order valence-corrected chi connectivity index (χ1v) is 22.6. The molecule has 0 spiro atoms. The molecule has 2 aromatic carbocycles. The number of halogens is 4. The summed E-state index contributed by atoms with van der Waals surface area (Å²) in [7, 11) is 0. The van der Waals surface area contributed by atoms with Gasteiger partial charge in [0.1, 0.15) is 0 Å². The van der Waals surface area contributed by atoms with Crippen molar-refractivity contribution in [3.8, 4) is 0 Å². The van der Waals surface area contributed by atoms with Crippen LogP contribution in [-0.2, 0) is 13.1 Å². The number of rotatable bonds is 6. The molecule has 178 valence electrons. The van der Waals surface area contributed by atoms with E-state index in [4.69, 9.17) is 0 Å². The summed E-state index contributed by atoms with van der Waals surface area (Å²) in [6.45, 7) is 0.787. The SMILES string of the molecule is I[I-]I.O=C(C[n+]1ccccc1)c1ccccc1.O=C(C[n+]1ccccc1)c1ccccc1.[I-]. The first-order valence-electron chi connectivity index (χ1n) is 10.1. The Bertz CT molecular complexity index is 996. The topological polar surface area (TPSA) is 41.9 Å². The molecule has 4 rings (SSSR count). The van der Waals surface area contributed by atoms with Crippen LogP contribution in [0.1, 0.15) is 20.7 Å². The Morgan fingerprint density at radius 2 is 0.824 bits per heavy atom. The molecule has 0 aliphatic carbocycles. The molecule has 0 aliphatic rings. The average molecular weight is 904 g/mol. The Kier molecular flexibility index (Phi) is 17.5. The van der Waals surface area contributed by atoms with Gasteiger partial charge in [-0.3, -0.25) is 9.59 Å². The smallest absolute Gasteiger partial charge is 0.227 e. The Morgan fingerprint density at radius 1 is 0.559 bits per heavy atom. The van der Waals surface area contributed by atoms with E-state index < -0.39 is 0 Å². The third kappa shape index (κ3) is 12.6. The number of pyridine rings is 2. The molecule has 0 amide bonds. The fraction of sp³-hybridized carbons (Fsp3) is 0.0769. The predicted molar refractivity (Wildman–Crippen MR) is 143 cm³/mol. The summed E-state index contributed by atoms with van der Waals surface area (Å²) < 4.78 is 3.74. The molecule has 0 fully saturated rings. The molecular formula is C26H24I4N2O2. The van der Waals surface area contributed by atoms with E-state index in [-0.39, 0.29) is 35.5 Å². The van der Waals surface area contributed by atoms with Gasteiger partial charge in [0, 0.05) is 35.4 Å². The molecule has 2 heterocycles. The number of aromatic nitrogens is 2. The molecule has 0 unspecified atom stereocenters. The number of benzene rings is 2. The van der Waals surface area contributed by atoms with E-state index in [9.17, 15) is 9.59 Å². The van der Waals surface area contributed by atoms with Crippen LogP contribution in [0.25, 0.3) is 0 Å². The second-order valence-corrected chi connectivity index (χ2v) is 23.0. The van der Waals surface area contributed by atoms with Gasteiger partial charge in [-0.15, -0.1) is 0 Å². The van der Waals surface area contributed by atoms with Gasteiger partial charge in [-0.1, -0.05) is 72.8 Å². The van der Waals surface area contributed by atoms with E-state index in [1.807, 2.05) is 131 Å². The van der Waals surface area contributed by atoms with Crippen molar-refractivity contribution in [3.63, 3.8) is 0 Å². The molecule has 0 N–H and O–H groups in total. The summed E-state index contributed by atoms with van der Waals surface area (Å²) in [4.78, 5) is 23.6. The molecule has 0 radical (unpaired) electrons. The van der Waals surface area contributed by atoms with Crippen LogP contribution < -0.4 is 46.4 Å². The number of Topliss-reactive ketones (excluding diaryl/α,β-unsaturated/α-hetero) is 2. The number of ketones is 2. The van der Waals surface area contributed by atoms with Crippen molar-refractivity contribution in [1.29, 1.82) is 0 Å². The maximum atomic E-state index is 11.8. The number of nitrogens with zero attached hydrogens (tertiary/aromatic N) is 2. The van der Waals surface area contributed by atoms with Crippen LogP contribution in [0.4, 0.5) is 0 Å². The summed E-state index contributed by atoms with van der Waals surface area (Å²) in [6, 6.07) is 30.2. The number of hydrogen-bond acceptors (Lipinski definition) is 2. The number of carbonyl (C=O) groups is 2. The maximum Gasteiger partial charge on any atom is 0.227 e. The maximum absolute atomic E-state index is 11.8. The monoisotopic (exact) mass is 904 g/mol. The molecular weight excluding hydrogens is 880 g/mol. The first-order chi connectivity index (χ1) is 16.1. The fourth-order valence-corrected chi connectivity index (χ4v) is 2.84. The number of hydrogen-bond donors (Lipinski definition) is 0. The van der Waals surface area contributed by atoms with Crippen LogP contribution in [0.5, 0.6) is 0 Å². The summed E-state index contributed by atoms with van der Waals surface area (Å²) in [5.41, 5.74) is 1.52. The fourth-order valence-electron chi connectivity index (χ4n) is 2.84. The van der Waals surface area contributed by atoms with Crippen molar-refractivity contribution < 1.29 is 56.0 Å². The van der Waals surface area contributed by atoms with Crippen molar-refractivity contribution in [2.75, 3.05) is 0 Å². The summed E-state index contributed by atoms with van der Waals surface area (Å²) in [5, 5.41) is 0. The predicted octanol–water partition coefficient (Wildman–Crippen LogP) is -0.507. The number of carbonyl (C=O) groups excluding carboxylic acids is 2. The summed E-state index contributed by atoms with van der Waals surface area (Å²) in [5.74, 6) is 0.263. The second-order valence-electron chi connectivity index (χ2n) is 6.73. The normalized spacial score (nSPS) is 9.35. The van der Waals surface area contributed by atoms with E-state index in [1.165, 1.54) is 0 Å². The summed E-state index contributed by atoms with van der Waals surface area (Å²) >= 11 is 5.30. The molecule has 0 bridgehead atoms. The molecule has 4 aromatic rings. The molecule has 8 heteroatoms. The van der Waals surface area contributed by atoms with E-state index in [0.29, 0.717) is 26.3 Å². The van der Waals surface area contributed by atoms with Gasteiger partial charge in [-0.25, -0.2) is 0 Å². The zero-order valence-corrected chi connectivity index (χ0v) is 26.8. The van der Waals surface area contributed by atoms with Crippen LogP contribution >= 0.6 is 37.2 Å². The zero-order valence-electron chi connectivity index (χ0n) is 18.2. The Hall–Kier alpha value is -1.000. The van der Waals surface area contributed by atoms with Crippen molar-refractivity contribution in [2.45, 2.75) is 13.1 Å². The average Bonchev–Trinajstić information content (AvgIpc) is 2.87. The molecule has 2 aromatic heterocycles. The Morgan fingerprint density at radius 3 is 1.12 bits per heavy atom. The molecule has 0 aliphatic heterocycles.